The van der Waals surface area contributed by atoms with Crippen LogP contribution in [0.25, 0.3) is 0 Å². The minimum atomic E-state index is 0.750. The summed E-state index contributed by atoms with van der Waals surface area (Å²) >= 11 is 0. The number of aliphatic hydroxyl groups excluding tert-OH is 1. The highest BCUT2D eigenvalue weighted by Crippen LogP contribution is 2.17. The summed E-state index contributed by atoms with van der Waals surface area (Å²) in [7, 11) is 5.13. The summed E-state index contributed by atoms with van der Waals surface area (Å²) < 4.78 is 0. The van der Waals surface area contributed by atoms with Crippen molar-refractivity contribution < 1.29 is 5.11 Å². The Labute approximate surface area is 114 Å². The van der Waals surface area contributed by atoms with Crippen molar-refractivity contribution in [1.82, 2.24) is 0 Å². The lowest BCUT2D eigenvalue weighted by Gasteiger charge is -2.15. The Hall–Kier alpha value is -1.06. The molecule has 0 aliphatic carbocycles. The van der Waals surface area contributed by atoms with E-state index in [-0.39, 0.29) is 0 Å². The fourth-order valence-electron chi connectivity index (χ4n) is 1.31. The molecule has 1 aromatic rings. The number of anilines is 1. The first-order chi connectivity index (χ1) is 8.52. The highest BCUT2D eigenvalue weighted by Gasteiger charge is 1.98. The Balaban J connectivity index is -0.000000274. The number of aliphatic hydroxyl groups is 1. The lowest BCUT2D eigenvalue weighted by atomic mass is 10.1. The van der Waals surface area contributed by atoms with Crippen molar-refractivity contribution in [2.45, 2.75) is 34.6 Å². The number of nitrogens with zero attached hydrogens (tertiary/aromatic N) is 1. The van der Waals surface area contributed by atoms with Gasteiger partial charge in [0.2, 0.25) is 0 Å². The zero-order valence-corrected chi connectivity index (χ0v) is 13.4. The summed E-state index contributed by atoms with van der Waals surface area (Å²) in [6.07, 6.45) is 0. The Kier molecular flexibility index (Phi) is 19.6. The average molecular weight is 256 g/mol. The third kappa shape index (κ3) is 11.4. The minimum absolute atomic E-state index is 0.750. The molecule has 3 heteroatoms. The van der Waals surface area contributed by atoms with E-state index in [1.807, 2.05) is 20.8 Å². The second-order valence-corrected chi connectivity index (χ2v) is 3.59. The lowest BCUT2D eigenvalue weighted by molar-refractivity contribution is 0.399. The molecule has 0 atom stereocenters. The van der Waals surface area contributed by atoms with Gasteiger partial charge in [-0.2, -0.15) is 0 Å². The van der Waals surface area contributed by atoms with E-state index >= 15 is 0 Å². The second-order valence-electron chi connectivity index (χ2n) is 3.59. The quantitative estimate of drug-likeness (QED) is 0.812. The normalized spacial score (nSPS) is 7.67. The van der Waals surface area contributed by atoms with Gasteiger partial charge < -0.3 is 15.7 Å². The highest BCUT2D eigenvalue weighted by molar-refractivity contribution is 5.52. The summed E-state index contributed by atoms with van der Waals surface area (Å²) in [5.41, 5.74) is 8.82. The molecular weight excluding hydrogens is 224 g/mol. The van der Waals surface area contributed by atoms with Crippen LogP contribution in [0.4, 0.5) is 5.69 Å². The van der Waals surface area contributed by atoms with E-state index in [0.717, 1.165) is 13.7 Å². The fourth-order valence-corrected chi connectivity index (χ4v) is 1.31. The highest BCUT2D eigenvalue weighted by atomic mass is 16.2. The second kappa shape index (κ2) is 15.9. The molecule has 0 saturated heterocycles. The third-order valence-electron chi connectivity index (χ3n) is 1.83. The topological polar surface area (TPSA) is 49.5 Å². The van der Waals surface area contributed by atoms with Gasteiger partial charge in [-0.3, -0.25) is 0 Å². The van der Waals surface area contributed by atoms with Gasteiger partial charge in [-0.05, 0) is 32.0 Å². The summed E-state index contributed by atoms with van der Waals surface area (Å²) in [5, 5.41) is 7.00. The van der Waals surface area contributed by atoms with E-state index < -0.39 is 0 Å². The van der Waals surface area contributed by atoms with E-state index in [1.165, 1.54) is 16.8 Å². The number of rotatable bonds is 1. The van der Waals surface area contributed by atoms with Crippen LogP contribution in [0.5, 0.6) is 0 Å². The standard InChI is InChI=1S/C10H15N.C2H7N.C2H6.CH4O/c1-8-5-6-10(11(3)4)9(2)7-8;1-2-3;2*1-2/h5-7H,1-4H3;2-3H2,1H3;1-2H3;2H,1H3. The summed E-state index contributed by atoms with van der Waals surface area (Å²) in [6.45, 7) is 10.9. The lowest BCUT2D eigenvalue weighted by Crippen LogP contribution is -2.09. The zero-order valence-electron chi connectivity index (χ0n) is 13.4. The van der Waals surface area contributed by atoms with Gasteiger partial charge in [0.25, 0.3) is 0 Å². The van der Waals surface area contributed by atoms with E-state index in [2.05, 4.69) is 51.0 Å². The largest absolute Gasteiger partial charge is 0.400 e. The molecule has 0 spiro atoms. The molecule has 0 saturated carbocycles. The zero-order chi connectivity index (χ0) is 15.1. The molecule has 0 aliphatic rings. The van der Waals surface area contributed by atoms with Gasteiger partial charge in [0.05, 0.1) is 0 Å². The molecule has 0 bridgehead atoms. The molecule has 18 heavy (non-hydrogen) atoms. The van der Waals surface area contributed by atoms with Crippen molar-refractivity contribution in [1.29, 1.82) is 0 Å². The first kappa shape index (κ1) is 22.1. The Morgan fingerprint density at radius 3 is 1.78 bits per heavy atom. The fraction of sp³-hybridized carbons (Fsp3) is 0.600. The molecule has 108 valence electrons. The van der Waals surface area contributed by atoms with E-state index in [0.29, 0.717) is 0 Å². The van der Waals surface area contributed by atoms with Crippen molar-refractivity contribution >= 4 is 5.69 Å². The first-order valence-corrected chi connectivity index (χ1v) is 6.42. The van der Waals surface area contributed by atoms with Crippen LogP contribution in [-0.2, 0) is 0 Å². The van der Waals surface area contributed by atoms with Gasteiger partial charge in [0, 0.05) is 26.9 Å². The van der Waals surface area contributed by atoms with Crippen LogP contribution in [-0.4, -0.2) is 32.9 Å². The number of hydrogen-bond donors (Lipinski definition) is 2. The molecule has 0 aromatic heterocycles. The van der Waals surface area contributed by atoms with E-state index in [1.54, 1.807) is 0 Å². The van der Waals surface area contributed by atoms with Gasteiger partial charge in [-0.15, -0.1) is 0 Å². The molecule has 0 fully saturated rings. The Morgan fingerprint density at radius 1 is 1.11 bits per heavy atom. The molecular formula is C15H32N2O. The predicted molar refractivity (Wildman–Crippen MR) is 84.5 cm³/mol. The molecule has 0 amide bonds. The molecule has 3 nitrogen and oxygen atoms in total. The average Bonchev–Trinajstić information content (AvgIpc) is 2.34. The molecule has 0 heterocycles. The molecule has 0 radical (unpaired) electrons. The number of benzene rings is 1. The van der Waals surface area contributed by atoms with Gasteiger partial charge in [-0.25, -0.2) is 0 Å². The number of hydrogen-bond acceptors (Lipinski definition) is 3. The van der Waals surface area contributed by atoms with Gasteiger partial charge in [0.1, 0.15) is 0 Å². The maximum absolute atomic E-state index is 7.00. The molecule has 3 N–H and O–H groups in total. The number of aryl methyl sites for hydroxylation is 2. The van der Waals surface area contributed by atoms with Gasteiger partial charge in [-0.1, -0.05) is 38.5 Å². The van der Waals surface area contributed by atoms with Crippen molar-refractivity contribution in [3.8, 4) is 0 Å². The Bertz CT molecular complexity index is 273. The van der Waals surface area contributed by atoms with Crippen LogP contribution in [0.2, 0.25) is 0 Å². The maximum atomic E-state index is 7.00. The molecule has 1 rings (SSSR count). The van der Waals surface area contributed by atoms with Gasteiger partial charge >= 0.3 is 0 Å². The van der Waals surface area contributed by atoms with Gasteiger partial charge in [0.15, 0.2) is 0 Å². The maximum Gasteiger partial charge on any atom is 0.0390 e. The van der Waals surface area contributed by atoms with Crippen LogP contribution < -0.4 is 10.6 Å². The third-order valence-corrected chi connectivity index (χ3v) is 1.83. The molecule has 1 aromatic carbocycles. The summed E-state index contributed by atoms with van der Waals surface area (Å²) in [4.78, 5) is 2.13. The van der Waals surface area contributed by atoms with Crippen LogP contribution in [0.1, 0.15) is 31.9 Å². The Morgan fingerprint density at radius 2 is 1.50 bits per heavy atom. The van der Waals surface area contributed by atoms with Crippen LogP contribution in [0.3, 0.4) is 0 Å². The SMILES string of the molecule is CC.CCN.CO.Cc1ccc(N(C)C)c(C)c1. The van der Waals surface area contributed by atoms with E-state index in [4.69, 9.17) is 10.8 Å². The molecule has 0 unspecified atom stereocenters. The van der Waals surface area contributed by atoms with Crippen LogP contribution in [0, 0.1) is 13.8 Å². The smallest absolute Gasteiger partial charge is 0.0390 e. The van der Waals surface area contributed by atoms with Crippen molar-refractivity contribution in [3.63, 3.8) is 0 Å². The van der Waals surface area contributed by atoms with Crippen molar-refractivity contribution in [2.24, 2.45) is 5.73 Å². The summed E-state index contributed by atoms with van der Waals surface area (Å²) in [5.74, 6) is 0. The molecule has 0 aliphatic heterocycles. The van der Waals surface area contributed by atoms with Crippen LogP contribution >= 0.6 is 0 Å². The summed E-state index contributed by atoms with van der Waals surface area (Å²) in [6, 6.07) is 6.50. The van der Waals surface area contributed by atoms with Crippen molar-refractivity contribution in [2.75, 3.05) is 32.6 Å². The minimum Gasteiger partial charge on any atom is -0.400 e. The van der Waals surface area contributed by atoms with Crippen molar-refractivity contribution in [3.05, 3.63) is 29.3 Å². The predicted octanol–water partition coefficient (Wildman–Crippen LogP) is 2.97. The number of nitrogens with two attached hydrogens (primary N) is 1. The first-order valence-electron chi connectivity index (χ1n) is 6.42. The van der Waals surface area contributed by atoms with E-state index in [9.17, 15) is 0 Å². The monoisotopic (exact) mass is 256 g/mol. The van der Waals surface area contributed by atoms with Crippen LogP contribution in [0.15, 0.2) is 18.2 Å².